The second kappa shape index (κ2) is 6.61. The Balaban J connectivity index is 2.88. The smallest absolute Gasteiger partial charge is 0.304 e. The maximum Gasteiger partial charge on any atom is 0.304 e. The van der Waals surface area contributed by atoms with Crippen LogP contribution in [-0.4, -0.2) is 28.6 Å². The molecule has 5 heteroatoms. The number of carbonyl (C=O) groups is 1. The predicted octanol–water partition coefficient (Wildman–Crippen LogP) is 3.21. The first kappa shape index (κ1) is 15.6. The number of benzene rings is 1. The topological polar surface area (TPSA) is 40.5 Å². The summed E-state index contributed by atoms with van der Waals surface area (Å²) in [7, 11) is 0. The van der Waals surface area contributed by atoms with Crippen molar-refractivity contribution >= 4 is 5.97 Å². The quantitative estimate of drug-likeness (QED) is 0.863. The van der Waals surface area contributed by atoms with E-state index in [1.807, 2.05) is 25.7 Å². The predicted molar refractivity (Wildman–Crippen MR) is 68.9 cm³/mol. The van der Waals surface area contributed by atoms with E-state index in [2.05, 4.69) is 0 Å². The summed E-state index contributed by atoms with van der Waals surface area (Å²) in [5, 5.41) is 8.74. The van der Waals surface area contributed by atoms with Crippen LogP contribution in [-0.2, 0) is 4.79 Å². The molecule has 0 fully saturated rings. The highest BCUT2D eigenvalue weighted by Crippen LogP contribution is 2.24. The van der Waals surface area contributed by atoms with Crippen molar-refractivity contribution in [2.45, 2.75) is 39.3 Å². The molecule has 1 unspecified atom stereocenters. The molecule has 106 valence electrons. The molecule has 0 radical (unpaired) electrons. The number of hydrogen-bond donors (Lipinski definition) is 1. The van der Waals surface area contributed by atoms with E-state index < -0.39 is 17.6 Å². The fourth-order valence-electron chi connectivity index (χ4n) is 2.09. The molecule has 1 N–H and O–H groups in total. The summed E-state index contributed by atoms with van der Waals surface area (Å²) in [6.45, 7) is 6.11. The normalized spacial score (nSPS) is 13.0. The van der Waals surface area contributed by atoms with E-state index in [1.165, 1.54) is 6.07 Å². The highest BCUT2D eigenvalue weighted by atomic mass is 19.2. The van der Waals surface area contributed by atoms with Crippen LogP contribution in [0.2, 0.25) is 0 Å². The zero-order valence-electron chi connectivity index (χ0n) is 11.4. The lowest BCUT2D eigenvalue weighted by Crippen LogP contribution is -2.35. The van der Waals surface area contributed by atoms with Crippen molar-refractivity contribution in [1.29, 1.82) is 0 Å². The summed E-state index contributed by atoms with van der Waals surface area (Å²) in [5.74, 6) is -2.63. The summed E-state index contributed by atoms with van der Waals surface area (Å²) in [6, 6.07) is 3.73. The summed E-state index contributed by atoms with van der Waals surface area (Å²) < 4.78 is 26.1. The molecule has 0 aliphatic heterocycles. The van der Waals surface area contributed by atoms with E-state index in [-0.39, 0.29) is 18.5 Å². The highest BCUT2D eigenvalue weighted by molar-refractivity contribution is 5.66. The van der Waals surface area contributed by atoms with Crippen LogP contribution >= 0.6 is 0 Å². The van der Waals surface area contributed by atoms with Gasteiger partial charge in [0.25, 0.3) is 0 Å². The molecular weight excluding hydrogens is 252 g/mol. The molecule has 1 rings (SSSR count). The van der Waals surface area contributed by atoms with E-state index >= 15 is 0 Å². The van der Waals surface area contributed by atoms with Crippen LogP contribution in [0.25, 0.3) is 0 Å². The van der Waals surface area contributed by atoms with E-state index in [1.54, 1.807) is 0 Å². The van der Waals surface area contributed by atoms with Crippen LogP contribution in [0.3, 0.4) is 0 Å². The third-order valence-corrected chi connectivity index (χ3v) is 3.17. The third-order valence-electron chi connectivity index (χ3n) is 3.17. The molecule has 19 heavy (non-hydrogen) atoms. The molecular formula is C14H19F2NO2. The van der Waals surface area contributed by atoms with Gasteiger partial charge in [0.2, 0.25) is 0 Å². The van der Waals surface area contributed by atoms with Gasteiger partial charge in [-0.3, -0.25) is 9.69 Å². The number of carboxylic acids is 1. The molecule has 0 spiro atoms. The minimum atomic E-state index is -0.883. The molecule has 0 bridgehead atoms. The van der Waals surface area contributed by atoms with Gasteiger partial charge in [0.15, 0.2) is 11.6 Å². The average molecular weight is 271 g/mol. The number of carboxylic acid groups (broad SMARTS) is 1. The van der Waals surface area contributed by atoms with Crippen molar-refractivity contribution in [3.05, 3.63) is 35.4 Å². The summed E-state index contributed by atoms with van der Waals surface area (Å²) in [6.07, 6.45) is 0.0200. The van der Waals surface area contributed by atoms with E-state index in [0.29, 0.717) is 12.1 Å². The number of nitrogens with zero attached hydrogens (tertiary/aromatic N) is 1. The molecule has 1 aromatic rings. The molecule has 0 saturated carbocycles. The molecule has 0 aromatic heterocycles. The fraction of sp³-hybridized carbons (Fsp3) is 0.500. The molecule has 1 atom stereocenters. The first-order valence-corrected chi connectivity index (χ1v) is 6.25. The zero-order valence-corrected chi connectivity index (χ0v) is 11.4. The van der Waals surface area contributed by atoms with Crippen LogP contribution in [0.4, 0.5) is 8.78 Å². The second-order valence-corrected chi connectivity index (χ2v) is 4.82. The van der Waals surface area contributed by atoms with E-state index in [9.17, 15) is 13.6 Å². The highest BCUT2D eigenvalue weighted by Gasteiger charge is 2.20. The molecule has 0 heterocycles. The van der Waals surface area contributed by atoms with Crippen molar-refractivity contribution in [2.24, 2.45) is 0 Å². The van der Waals surface area contributed by atoms with Gasteiger partial charge in [-0.15, -0.1) is 0 Å². The number of aliphatic carboxylic acids is 1. The van der Waals surface area contributed by atoms with Gasteiger partial charge in [-0.25, -0.2) is 8.78 Å². The first-order valence-electron chi connectivity index (χ1n) is 6.25. The van der Waals surface area contributed by atoms with Gasteiger partial charge in [-0.1, -0.05) is 6.07 Å². The van der Waals surface area contributed by atoms with Crippen molar-refractivity contribution in [3.8, 4) is 0 Å². The van der Waals surface area contributed by atoms with Crippen molar-refractivity contribution in [3.63, 3.8) is 0 Å². The largest absolute Gasteiger partial charge is 0.481 e. The maximum atomic E-state index is 13.2. The number of hydrogen-bond acceptors (Lipinski definition) is 2. The van der Waals surface area contributed by atoms with Gasteiger partial charge in [-0.2, -0.15) is 0 Å². The van der Waals surface area contributed by atoms with Crippen LogP contribution in [0.1, 0.15) is 38.8 Å². The molecule has 0 aliphatic carbocycles. The molecule has 0 amide bonds. The minimum absolute atomic E-state index is 0.0200. The molecule has 0 aliphatic rings. The Labute approximate surface area is 111 Å². The number of rotatable bonds is 6. The van der Waals surface area contributed by atoms with Gasteiger partial charge < -0.3 is 5.11 Å². The van der Waals surface area contributed by atoms with Crippen LogP contribution in [0.15, 0.2) is 18.2 Å². The Kier molecular flexibility index (Phi) is 5.42. The van der Waals surface area contributed by atoms with Gasteiger partial charge in [0.1, 0.15) is 0 Å². The third kappa shape index (κ3) is 4.28. The van der Waals surface area contributed by atoms with Crippen LogP contribution < -0.4 is 0 Å². The lowest BCUT2D eigenvalue weighted by molar-refractivity contribution is -0.137. The Hall–Kier alpha value is -1.49. The van der Waals surface area contributed by atoms with Crippen LogP contribution in [0, 0.1) is 11.6 Å². The molecule has 3 nitrogen and oxygen atoms in total. The minimum Gasteiger partial charge on any atom is -0.481 e. The number of halogens is 2. The van der Waals surface area contributed by atoms with Gasteiger partial charge in [0, 0.05) is 18.6 Å². The average Bonchev–Trinajstić information content (AvgIpc) is 2.31. The maximum absolute atomic E-state index is 13.2. The molecule has 0 saturated heterocycles. The first-order chi connectivity index (χ1) is 8.82. The van der Waals surface area contributed by atoms with E-state index in [0.717, 1.165) is 12.1 Å². The summed E-state index contributed by atoms with van der Waals surface area (Å²) >= 11 is 0. The zero-order chi connectivity index (χ0) is 14.6. The van der Waals surface area contributed by atoms with Gasteiger partial charge in [-0.05, 0) is 38.5 Å². The van der Waals surface area contributed by atoms with E-state index in [4.69, 9.17) is 5.11 Å². The Morgan fingerprint density at radius 1 is 1.26 bits per heavy atom. The van der Waals surface area contributed by atoms with Crippen molar-refractivity contribution in [1.82, 2.24) is 4.90 Å². The lowest BCUT2D eigenvalue weighted by atomic mass is 10.0. The monoisotopic (exact) mass is 271 g/mol. The van der Waals surface area contributed by atoms with Crippen LogP contribution in [0.5, 0.6) is 0 Å². The molecule has 1 aromatic carbocycles. The summed E-state index contributed by atoms with van der Waals surface area (Å²) in [5.41, 5.74) is 0.637. The van der Waals surface area contributed by atoms with Gasteiger partial charge in [0.05, 0.1) is 6.42 Å². The Morgan fingerprint density at radius 2 is 1.89 bits per heavy atom. The summed E-state index contributed by atoms with van der Waals surface area (Å²) in [4.78, 5) is 12.6. The van der Waals surface area contributed by atoms with Gasteiger partial charge >= 0.3 is 5.97 Å². The fourth-order valence-corrected chi connectivity index (χ4v) is 2.09. The van der Waals surface area contributed by atoms with Crippen molar-refractivity contribution < 1.29 is 18.7 Å². The second-order valence-electron chi connectivity index (χ2n) is 4.82. The lowest BCUT2D eigenvalue weighted by Gasteiger charge is -2.32. The SMILES string of the molecule is CC(C)N(CCC(=O)O)C(C)c1ccc(F)c(F)c1. The van der Waals surface area contributed by atoms with Crippen molar-refractivity contribution in [2.75, 3.05) is 6.54 Å². The standard InChI is InChI=1S/C14H19F2NO2/c1-9(2)17(7-6-14(18)19)10(3)11-4-5-12(15)13(16)8-11/h4-5,8-10H,6-7H2,1-3H3,(H,18,19). The Bertz CT molecular complexity index is 449. The Morgan fingerprint density at radius 3 is 2.37 bits per heavy atom.